The zero-order valence-corrected chi connectivity index (χ0v) is 7.96. The summed E-state index contributed by atoms with van der Waals surface area (Å²) < 4.78 is 0. The fourth-order valence-electron chi connectivity index (χ4n) is 1.47. The molecule has 1 aromatic carbocycles. The van der Waals surface area contributed by atoms with E-state index in [-0.39, 0.29) is 5.54 Å². The van der Waals surface area contributed by atoms with Gasteiger partial charge in [-0.3, -0.25) is 0 Å². The second kappa shape index (κ2) is 3.00. The maximum absolute atomic E-state index is 6.07. The lowest BCUT2D eigenvalue weighted by Crippen LogP contribution is -2.22. The lowest BCUT2D eigenvalue weighted by atomic mass is 10.0. The molecule has 0 unspecified atom stereocenters. The summed E-state index contributed by atoms with van der Waals surface area (Å²) in [6, 6.07) is 10.3. The van der Waals surface area contributed by atoms with Crippen LogP contribution in [0.3, 0.4) is 0 Å². The summed E-state index contributed by atoms with van der Waals surface area (Å²) in [7, 11) is 0. The van der Waals surface area contributed by atoms with Gasteiger partial charge in [0.05, 0.1) is 0 Å². The van der Waals surface area contributed by atoms with Gasteiger partial charge in [0.15, 0.2) is 0 Å². The molecule has 0 saturated heterocycles. The van der Waals surface area contributed by atoms with Gasteiger partial charge >= 0.3 is 0 Å². The van der Waals surface area contributed by atoms with E-state index >= 15 is 0 Å². The van der Waals surface area contributed by atoms with E-state index in [4.69, 9.17) is 5.73 Å². The molecule has 13 heavy (non-hydrogen) atoms. The highest BCUT2D eigenvalue weighted by atomic mass is 14.8. The summed E-state index contributed by atoms with van der Waals surface area (Å²) in [5.41, 5.74) is 8.64. The van der Waals surface area contributed by atoms with Gasteiger partial charge in [0.1, 0.15) is 0 Å². The van der Waals surface area contributed by atoms with Crippen LogP contribution in [0.2, 0.25) is 0 Å². The van der Waals surface area contributed by atoms with Crippen molar-refractivity contribution in [1.29, 1.82) is 0 Å². The molecule has 1 aliphatic rings. The van der Waals surface area contributed by atoms with Gasteiger partial charge in [-0.2, -0.15) is 0 Å². The second-order valence-corrected chi connectivity index (χ2v) is 3.89. The Morgan fingerprint density at radius 1 is 1.31 bits per heavy atom. The van der Waals surface area contributed by atoms with Crippen LogP contribution in [0.25, 0.3) is 6.08 Å². The van der Waals surface area contributed by atoms with E-state index in [0.29, 0.717) is 0 Å². The van der Waals surface area contributed by atoms with Crippen molar-refractivity contribution < 1.29 is 0 Å². The molecular formula is C12H15N. The predicted octanol–water partition coefficient (Wildman–Crippen LogP) is 2.58. The molecule has 0 aromatic heterocycles. The van der Waals surface area contributed by atoms with E-state index in [2.05, 4.69) is 37.3 Å². The first kappa shape index (κ1) is 8.52. The minimum absolute atomic E-state index is 0.0237. The van der Waals surface area contributed by atoms with E-state index in [1.807, 2.05) is 6.07 Å². The van der Waals surface area contributed by atoms with E-state index in [1.54, 1.807) is 0 Å². The van der Waals surface area contributed by atoms with Crippen molar-refractivity contribution in [3.63, 3.8) is 0 Å². The Bertz CT molecular complexity index is 320. The minimum atomic E-state index is 0.0237. The average molecular weight is 173 g/mol. The zero-order chi connectivity index (χ0) is 9.31. The highest BCUT2D eigenvalue weighted by molar-refractivity contribution is 5.56. The molecule has 1 aliphatic carbocycles. The largest absolute Gasteiger partial charge is 0.322 e. The van der Waals surface area contributed by atoms with Crippen molar-refractivity contribution in [1.82, 2.24) is 0 Å². The van der Waals surface area contributed by atoms with Gasteiger partial charge in [0.2, 0.25) is 0 Å². The standard InChI is InChI=1S/C12H15N/c1-10(12(13)7-8-12)9-11-5-3-2-4-6-11/h2-6,9H,7-8,13H2,1H3. The number of nitrogens with two attached hydrogens (primary N) is 1. The summed E-state index contributed by atoms with van der Waals surface area (Å²) in [5.74, 6) is 0. The predicted molar refractivity (Wildman–Crippen MR) is 56.2 cm³/mol. The molecule has 68 valence electrons. The highest BCUT2D eigenvalue weighted by Gasteiger charge is 2.39. The summed E-state index contributed by atoms with van der Waals surface area (Å²) in [5, 5.41) is 0. The maximum atomic E-state index is 6.07. The number of rotatable bonds is 2. The first-order chi connectivity index (χ1) is 6.21. The molecule has 0 heterocycles. The SMILES string of the molecule is CC(=Cc1ccccc1)C1(N)CC1. The molecule has 0 radical (unpaired) electrons. The topological polar surface area (TPSA) is 26.0 Å². The third-order valence-corrected chi connectivity index (χ3v) is 2.76. The van der Waals surface area contributed by atoms with Crippen LogP contribution in [0.4, 0.5) is 0 Å². The molecule has 0 spiro atoms. The number of benzene rings is 1. The Morgan fingerprint density at radius 2 is 1.92 bits per heavy atom. The van der Waals surface area contributed by atoms with Crippen molar-refractivity contribution >= 4 is 6.08 Å². The lowest BCUT2D eigenvalue weighted by Gasteiger charge is -2.08. The quantitative estimate of drug-likeness (QED) is 0.731. The molecular weight excluding hydrogens is 158 g/mol. The monoisotopic (exact) mass is 173 g/mol. The smallest absolute Gasteiger partial charge is 0.0370 e. The summed E-state index contributed by atoms with van der Waals surface area (Å²) in [6.45, 7) is 2.12. The molecule has 0 aliphatic heterocycles. The first-order valence-corrected chi connectivity index (χ1v) is 4.73. The van der Waals surface area contributed by atoms with E-state index in [0.717, 1.165) is 12.8 Å². The Labute approximate surface area is 79.3 Å². The molecule has 0 amide bonds. The van der Waals surface area contributed by atoms with Gasteiger partial charge in [0, 0.05) is 5.54 Å². The average Bonchev–Trinajstić information content (AvgIpc) is 2.87. The van der Waals surface area contributed by atoms with Crippen molar-refractivity contribution in [3.05, 3.63) is 41.5 Å². The molecule has 0 bridgehead atoms. The fraction of sp³-hybridized carbons (Fsp3) is 0.333. The van der Waals surface area contributed by atoms with E-state index in [1.165, 1.54) is 11.1 Å². The molecule has 2 N–H and O–H groups in total. The van der Waals surface area contributed by atoms with Gasteiger partial charge in [-0.15, -0.1) is 0 Å². The Balaban J connectivity index is 2.21. The summed E-state index contributed by atoms with van der Waals surface area (Å²) in [6.07, 6.45) is 4.47. The Hall–Kier alpha value is -1.08. The summed E-state index contributed by atoms with van der Waals surface area (Å²) >= 11 is 0. The van der Waals surface area contributed by atoms with Crippen LogP contribution in [-0.4, -0.2) is 5.54 Å². The van der Waals surface area contributed by atoms with Gasteiger partial charge in [0.25, 0.3) is 0 Å². The molecule has 1 saturated carbocycles. The number of hydrogen-bond donors (Lipinski definition) is 1. The van der Waals surface area contributed by atoms with Crippen molar-refractivity contribution in [2.75, 3.05) is 0 Å². The molecule has 0 atom stereocenters. The van der Waals surface area contributed by atoms with Crippen molar-refractivity contribution in [2.24, 2.45) is 5.73 Å². The van der Waals surface area contributed by atoms with E-state index in [9.17, 15) is 0 Å². The van der Waals surface area contributed by atoms with Crippen LogP contribution in [0.1, 0.15) is 25.3 Å². The lowest BCUT2D eigenvalue weighted by molar-refractivity contribution is 0.800. The van der Waals surface area contributed by atoms with Gasteiger partial charge < -0.3 is 5.73 Å². The third kappa shape index (κ3) is 1.81. The van der Waals surface area contributed by atoms with Crippen molar-refractivity contribution in [2.45, 2.75) is 25.3 Å². The van der Waals surface area contributed by atoms with E-state index < -0.39 is 0 Å². The third-order valence-electron chi connectivity index (χ3n) is 2.76. The van der Waals surface area contributed by atoms with Gasteiger partial charge in [-0.1, -0.05) is 42.0 Å². The van der Waals surface area contributed by atoms with Crippen LogP contribution in [0, 0.1) is 0 Å². The van der Waals surface area contributed by atoms with Crippen LogP contribution in [0.5, 0.6) is 0 Å². The van der Waals surface area contributed by atoms with Crippen LogP contribution >= 0.6 is 0 Å². The number of hydrogen-bond acceptors (Lipinski definition) is 1. The van der Waals surface area contributed by atoms with Crippen LogP contribution in [0.15, 0.2) is 35.9 Å². The van der Waals surface area contributed by atoms with Crippen molar-refractivity contribution in [3.8, 4) is 0 Å². The molecule has 1 nitrogen and oxygen atoms in total. The van der Waals surface area contributed by atoms with Gasteiger partial charge in [-0.25, -0.2) is 0 Å². The highest BCUT2D eigenvalue weighted by Crippen LogP contribution is 2.39. The molecule has 1 heteroatoms. The molecule has 1 aromatic rings. The Morgan fingerprint density at radius 3 is 2.46 bits per heavy atom. The van der Waals surface area contributed by atoms with Crippen LogP contribution in [-0.2, 0) is 0 Å². The zero-order valence-electron chi connectivity index (χ0n) is 7.96. The molecule has 1 fully saturated rings. The maximum Gasteiger partial charge on any atom is 0.0370 e. The summed E-state index contributed by atoms with van der Waals surface area (Å²) in [4.78, 5) is 0. The first-order valence-electron chi connectivity index (χ1n) is 4.73. The van der Waals surface area contributed by atoms with Crippen LogP contribution < -0.4 is 5.73 Å². The molecule has 2 rings (SSSR count). The Kier molecular flexibility index (Phi) is 1.97. The second-order valence-electron chi connectivity index (χ2n) is 3.89. The minimum Gasteiger partial charge on any atom is -0.322 e. The fourth-order valence-corrected chi connectivity index (χ4v) is 1.47. The van der Waals surface area contributed by atoms with Gasteiger partial charge in [-0.05, 0) is 25.3 Å². The normalized spacial score (nSPS) is 20.0.